The Labute approximate surface area is 126 Å². The maximum Gasteiger partial charge on any atom is 0.247 e. The second-order valence-electron chi connectivity index (χ2n) is 6.61. The van der Waals surface area contributed by atoms with Gasteiger partial charge in [-0.3, -0.25) is 4.79 Å². The van der Waals surface area contributed by atoms with Crippen LogP contribution < -0.4 is 4.90 Å². The first-order valence-electron chi connectivity index (χ1n) is 7.97. The van der Waals surface area contributed by atoms with Crippen LogP contribution in [0.1, 0.15) is 44.6 Å². The summed E-state index contributed by atoms with van der Waals surface area (Å²) in [7, 11) is 0. The summed E-state index contributed by atoms with van der Waals surface area (Å²) in [6.45, 7) is 2.91. The van der Waals surface area contributed by atoms with Crippen LogP contribution in [0.5, 0.6) is 0 Å². The van der Waals surface area contributed by atoms with Crippen LogP contribution in [0.15, 0.2) is 24.3 Å². The predicted octanol–water partition coefficient (Wildman–Crippen LogP) is 3.69. The van der Waals surface area contributed by atoms with Crippen molar-refractivity contribution in [3.8, 4) is 6.07 Å². The molecule has 1 fully saturated rings. The molecule has 0 radical (unpaired) electrons. The molecule has 1 atom stereocenters. The summed E-state index contributed by atoms with van der Waals surface area (Å²) < 4.78 is 0. The summed E-state index contributed by atoms with van der Waals surface area (Å²) in [5, 5.41) is 9.66. The number of carbonyl (C=O) groups is 1. The molecule has 0 N–H and O–H groups in total. The fourth-order valence-electron chi connectivity index (χ4n) is 3.78. The Morgan fingerprint density at radius 2 is 2.00 bits per heavy atom. The highest BCUT2D eigenvalue weighted by atomic mass is 16.2. The maximum atomic E-state index is 13.1. The fraction of sp³-hybridized carbons (Fsp3) is 0.556. The second kappa shape index (κ2) is 5.52. The van der Waals surface area contributed by atoms with E-state index in [-0.39, 0.29) is 5.91 Å². The molecule has 1 saturated carbocycles. The van der Waals surface area contributed by atoms with Gasteiger partial charge in [-0.1, -0.05) is 44.4 Å². The largest absolute Gasteiger partial charge is 0.310 e. The van der Waals surface area contributed by atoms with Crippen molar-refractivity contribution in [1.29, 1.82) is 5.26 Å². The summed E-state index contributed by atoms with van der Waals surface area (Å²) in [5.41, 5.74) is 1.46. The molecule has 2 aliphatic rings. The van der Waals surface area contributed by atoms with E-state index in [0.717, 1.165) is 50.8 Å². The minimum Gasteiger partial charge on any atom is -0.310 e. The Morgan fingerprint density at radius 3 is 2.71 bits per heavy atom. The summed E-state index contributed by atoms with van der Waals surface area (Å²) in [5.74, 6) is 0.479. The highest BCUT2D eigenvalue weighted by Crippen LogP contribution is 2.40. The van der Waals surface area contributed by atoms with Crippen LogP contribution in [-0.4, -0.2) is 12.5 Å². The van der Waals surface area contributed by atoms with Crippen molar-refractivity contribution >= 4 is 11.6 Å². The molecule has 0 spiro atoms. The molecular formula is C18H22N2O. The van der Waals surface area contributed by atoms with Crippen molar-refractivity contribution < 1.29 is 4.79 Å². The lowest BCUT2D eigenvalue weighted by atomic mass is 9.73. The molecule has 0 aromatic heterocycles. The van der Waals surface area contributed by atoms with Crippen molar-refractivity contribution in [3.63, 3.8) is 0 Å². The molecule has 1 heterocycles. The van der Waals surface area contributed by atoms with E-state index in [1.807, 2.05) is 23.1 Å². The lowest BCUT2D eigenvalue weighted by Crippen LogP contribution is -2.48. The van der Waals surface area contributed by atoms with Gasteiger partial charge in [0, 0.05) is 12.2 Å². The number of benzene rings is 1. The number of para-hydroxylation sites is 1. The smallest absolute Gasteiger partial charge is 0.247 e. The van der Waals surface area contributed by atoms with Crippen molar-refractivity contribution in [2.24, 2.45) is 11.3 Å². The Balaban J connectivity index is 1.96. The lowest BCUT2D eigenvalue weighted by molar-refractivity contribution is -0.127. The Morgan fingerprint density at radius 1 is 1.29 bits per heavy atom. The molecule has 0 saturated heterocycles. The molecular weight excluding hydrogens is 260 g/mol. The van der Waals surface area contributed by atoms with Crippen molar-refractivity contribution in [1.82, 2.24) is 0 Å². The summed E-state index contributed by atoms with van der Waals surface area (Å²) >= 11 is 0. The molecule has 1 unspecified atom stereocenters. The molecule has 1 aliphatic heterocycles. The number of nitrogens with zero attached hydrogens (tertiary/aromatic N) is 2. The molecule has 3 nitrogen and oxygen atoms in total. The molecule has 1 aromatic carbocycles. The van der Waals surface area contributed by atoms with Gasteiger partial charge in [0.15, 0.2) is 0 Å². The first kappa shape index (κ1) is 14.1. The second-order valence-corrected chi connectivity index (χ2v) is 6.61. The van der Waals surface area contributed by atoms with E-state index in [0.29, 0.717) is 5.92 Å². The van der Waals surface area contributed by atoms with Gasteiger partial charge in [-0.05, 0) is 36.8 Å². The molecule has 1 aromatic rings. The minimum absolute atomic E-state index is 0.0312. The van der Waals surface area contributed by atoms with Crippen LogP contribution in [0.3, 0.4) is 0 Å². The van der Waals surface area contributed by atoms with Gasteiger partial charge in [0.05, 0.1) is 6.07 Å². The molecule has 1 amide bonds. The van der Waals surface area contributed by atoms with Crippen LogP contribution in [0.4, 0.5) is 5.69 Å². The third-order valence-electron chi connectivity index (χ3n) is 4.92. The van der Waals surface area contributed by atoms with Crippen molar-refractivity contribution in [2.75, 3.05) is 11.4 Å². The number of hydrogen-bond donors (Lipinski definition) is 0. The monoisotopic (exact) mass is 282 g/mol. The van der Waals surface area contributed by atoms with Gasteiger partial charge in [-0.15, -0.1) is 0 Å². The van der Waals surface area contributed by atoms with Gasteiger partial charge in [0.25, 0.3) is 0 Å². The zero-order valence-electron chi connectivity index (χ0n) is 12.6. The molecule has 0 bridgehead atoms. The number of nitriles is 1. The van der Waals surface area contributed by atoms with Crippen LogP contribution in [-0.2, 0) is 11.2 Å². The first-order chi connectivity index (χ1) is 10.2. The average Bonchev–Trinajstić information content (AvgIpc) is 2.54. The third-order valence-corrected chi connectivity index (χ3v) is 4.92. The Hall–Kier alpha value is -1.82. The van der Waals surface area contributed by atoms with Gasteiger partial charge in [0.1, 0.15) is 5.41 Å². The number of anilines is 1. The number of carbonyl (C=O) groups excluding carboxylic acids is 1. The predicted molar refractivity (Wildman–Crippen MR) is 82.8 cm³/mol. The van der Waals surface area contributed by atoms with E-state index in [2.05, 4.69) is 19.1 Å². The highest BCUT2D eigenvalue weighted by molar-refractivity contribution is 6.00. The fourth-order valence-corrected chi connectivity index (χ4v) is 3.78. The number of rotatable bonds is 1. The van der Waals surface area contributed by atoms with E-state index < -0.39 is 5.41 Å². The van der Waals surface area contributed by atoms with Crippen LogP contribution in [0.2, 0.25) is 0 Å². The molecule has 110 valence electrons. The van der Waals surface area contributed by atoms with E-state index in [1.165, 1.54) is 5.56 Å². The van der Waals surface area contributed by atoms with Gasteiger partial charge in [0.2, 0.25) is 5.91 Å². The molecule has 3 heteroatoms. The lowest BCUT2D eigenvalue weighted by Gasteiger charge is -2.39. The van der Waals surface area contributed by atoms with E-state index in [9.17, 15) is 10.1 Å². The zero-order chi connectivity index (χ0) is 14.9. The van der Waals surface area contributed by atoms with E-state index >= 15 is 0 Å². The van der Waals surface area contributed by atoms with Crippen LogP contribution >= 0.6 is 0 Å². The molecule has 1 aliphatic carbocycles. The standard InChI is InChI=1S/C18H22N2O/c1-14-11-15-7-3-4-8-16(15)20(12-14)17(21)18(13-19)9-5-2-6-10-18/h3-4,7-8,14H,2,5-6,9-12H2,1H3. The SMILES string of the molecule is CC1Cc2ccccc2N(C(=O)C2(C#N)CCCCC2)C1. The topological polar surface area (TPSA) is 44.1 Å². The molecule has 21 heavy (non-hydrogen) atoms. The Kier molecular flexibility index (Phi) is 3.71. The minimum atomic E-state index is -0.789. The van der Waals surface area contributed by atoms with Gasteiger partial charge < -0.3 is 4.90 Å². The number of fused-ring (bicyclic) bond motifs is 1. The van der Waals surface area contributed by atoms with E-state index in [4.69, 9.17) is 0 Å². The maximum absolute atomic E-state index is 13.1. The summed E-state index contributed by atoms with van der Waals surface area (Å²) in [6.07, 6.45) is 5.57. The van der Waals surface area contributed by atoms with Gasteiger partial charge in [-0.25, -0.2) is 0 Å². The van der Waals surface area contributed by atoms with Crippen molar-refractivity contribution in [3.05, 3.63) is 29.8 Å². The Bertz CT molecular complexity index is 581. The van der Waals surface area contributed by atoms with Crippen molar-refractivity contribution in [2.45, 2.75) is 45.4 Å². The van der Waals surface area contributed by atoms with Gasteiger partial charge >= 0.3 is 0 Å². The third kappa shape index (κ3) is 2.44. The van der Waals surface area contributed by atoms with Crippen LogP contribution in [0, 0.1) is 22.7 Å². The summed E-state index contributed by atoms with van der Waals surface area (Å²) in [4.78, 5) is 15.0. The average molecular weight is 282 g/mol. The summed E-state index contributed by atoms with van der Waals surface area (Å²) in [6, 6.07) is 10.5. The van der Waals surface area contributed by atoms with Crippen LogP contribution in [0.25, 0.3) is 0 Å². The zero-order valence-corrected chi connectivity index (χ0v) is 12.6. The highest BCUT2D eigenvalue weighted by Gasteiger charge is 2.44. The first-order valence-corrected chi connectivity index (χ1v) is 7.97. The quantitative estimate of drug-likeness (QED) is 0.788. The van der Waals surface area contributed by atoms with Gasteiger partial charge in [-0.2, -0.15) is 5.26 Å². The van der Waals surface area contributed by atoms with E-state index in [1.54, 1.807) is 0 Å². The number of amides is 1. The number of hydrogen-bond acceptors (Lipinski definition) is 2. The molecule has 3 rings (SSSR count). The normalized spacial score (nSPS) is 24.0.